The number of ether oxygens (including phenoxy) is 3. The fourth-order valence-corrected chi connectivity index (χ4v) is 10.2. The van der Waals surface area contributed by atoms with Crippen molar-refractivity contribution < 1.29 is 28.6 Å². The first kappa shape index (κ1) is 74.4. The molecular weight excluding hydrogens is 949 g/mol. The van der Waals surface area contributed by atoms with E-state index in [0.717, 1.165) is 77.0 Å². The van der Waals surface area contributed by atoms with E-state index in [1.807, 2.05) is 0 Å². The molecule has 0 fully saturated rings. The summed E-state index contributed by atoms with van der Waals surface area (Å²) in [7, 11) is 0. The van der Waals surface area contributed by atoms with Crippen LogP contribution >= 0.6 is 0 Å². The summed E-state index contributed by atoms with van der Waals surface area (Å²) in [6.07, 6.45) is 82.8. The Kier molecular flexibility index (Phi) is 63.6. The lowest BCUT2D eigenvalue weighted by molar-refractivity contribution is -0.167. The molecule has 0 heterocycles. The van der Waals surface area contributed by atoms with E-state index in [-0.39, 0.29) is 31.1 Å². The summed E-state index contributed by atoms with van der Waals surface area (Å²) in [5, 5.41) is 0. The molecule has 0 aliphatic heterocycles. The number of allylic oxidation sites excluding steroid dienone is 8. The summed E-state index contributed by atoms with van der Waals surface area (Å²) in [5.41, 5.74) is 0. The highest BCUT2D eigenvalue weighted by Crippen LogP contribution is 2.18. The van der Waals surface area contributed by atoms with Crippen molar-refractivity contribution >= 4 is 17.9 Å². The van der Waals surface area contributed by atoms with Crippen LogP contribution in [0.2, 0.25) is 0 Å². The molecule has 0 rings (SSSR count). The van der Waals surface area contributed by atoms with Gasteiger partial charge in [0.15, 0.2) is 6.10 Å². The average molecular weight is 1080 g/mol. The Labute approximate surface area is 479 Å². The van der Waals surface area contributed by atoms with E-state index in [1.54, 1.807) is 0 Å². The number of rotatable bonds is 63. The van der Waals surface area contributed by atoms with Crippen molar-refractivity contribution in [2.75, 3.05) is 13.2 Å². The minimum Gasteiger partial charge on any atom is -0.462 e. The van der Waals surface area contributed by atoms with Crippen LogP contribution in [0.4, 0.5) is 0 Å². The van der Waals surface area contributed by atoms with Gasteiger partial charge in [-0.05, 0) is 83.5 Å². The summed E-state index contributed by atoms with van der Waals surface area (Å²) in [5.74, 6) is -0.857. The molecule has 0 aromatic rings. The number of carbonyl (C=O) groups excluding carboxylic acids is 3. The third-order valence-electron chi connectivity index (χ3n) is 15.3. The van der Waals surface area contributed by atoms with Crippen LogP contribution in [0.3, 0.4) is 0 Å². The molecule has 1 atom stereocenters. The first-order chi connectivity index (χ1) is 38.0. The van der Waals surface area contributed by atoms with Gasteiger partial charge in [0.2, 0.25) is 0 Å². The van der Waals surface area contributed by atoms with E-state index < -0.39 is 6.10 Å². The number of unbranched alkanes of at least 4 members (excludes halogenated alkanes) is 44. The van der Waals surface area contributed by atoms with Gasteiger partial charge in [0.25, 0.3) is 0 Å². The summed E-state index contributed by atoms with van der Waals surface area (Å²) in [4.78, 5) is 38.3. The van der Waals surface area contributed by atoms with E-state index >= 15 is 0 Å². The van der Waals surface area contributed by atoms with Crippen molar-refractivity contribution in [2.45, 2.75) is 374 Å². The van der Waals surface area contributed by atoms with E-state index in [4.69, 9.17) is 14.2 Å². The number of esters is 3. The van der Waals surface area contributed by atoms with E-state index in [1.165, 1.54) is 250 Å². The van der Waals surface area contributed by atoms with Crippen LogP contribution in [0.25, 0.3) is 0 Å². The molecule has 0 bridgehead atoms. The third-order valence-corrected chi connectivity index (χ3v) is 15.3. The maximum Gasteiger partial charge on any atom is 0.306 e. The van der Waals surface area contributed by atoms with Crippen molar-refractivity contribution in [3.8, 4) is 0 Å². The zero-order valence-corrected chi connectivity index (χ0v) is 51.7. The standard InChI is InChI=1S/C71H130O6/c1-4-7-10-13-16-19-22-25-27-28-29-30-31-32-33-34-35-36-37-38-39-40-41-42-44-46-49-52-55-58-61-64-70(73)76-67-68(66-75-69(72)63-60-57-54-51-48-45-24-21-18-15-12-9-6-3)77-71(74)65-62-59-56-53-50-47-43-26-23-20-17-14-11-8-5-2/h22,25-26,28-29,31-32,43,68H,4-21,23-24,27,30,33-42,44-67H2,1-3H3/b25-22-,29-28-,32-31-,43-26-. The minimum atomic E-state index is -0.774. The van der Waals surface area contributed by atoms with E-state index in [0.29, 0.717) is 19.3 Å². The monoisotopic (exact) mass is 1080 g/mol. The molecule has 0 radical (unpaired) electrons. The minimum absolute atomic E-state index is 0.0712. The van der Waals surface area contributed by atoms with Crippen LogP contribution in [0.1, 0.15) is 367 Å². The maximum absolute atomic E-state index is 12.9. The second-order valence-corrected chi connectivity index (χ2v) is 23.1. The Morgan fingerprint density at radius 1 is 0.260 bits per heavy atom. The van der Waals surface area contributed by atoms with Crippen LogP contribution in [-0.4, -0.2) is 37.2 Å². The van der Waals surface area contributed by atoms with Gasteiger partial charge in [-0.1, -0.05) is 313 Å². The van der Waals surface area contributed by atoms with Crippen molar-refractivity contribution in [1.29, 1.82) is 0 Å². The lowest BCUT2D eigenvalue weighted by atomic mass is 10.0. The Bertz CT molecular complexity index is 1330. The zero-order chi connectivity index (χ0) is 55.7. The van der Waals surface area contributed by atoms with Gasteiger partial charge in [0, 0.05) is 19.3 Å². The second-order valence-electron chi connectivity index (χ2n) is 23.1. The first-order valence-corrected chi connectivity index (χ1v) is 34.1. The predicted octanol–water partition coefficient (Wildman–Crippen LogP) is 23.3. The topological polar surface area (TPSA) is 78.9 Å². The maximum atomic E-state index is 12.9. The van der Waals surface area contributed by atoms with Crippen LogP contribution in [0.15, 0.2) is 48.6 Å². The van der Waals surface area contributed by atoms with Gasteiger partial charge in [-0.3, -0.25) is 14.4 Å². The third kappa shape index (κ3) is 64.1. The van der Waals surface area contributed by atoms with Crippen LogP contribution < -0.4 is 0 Å². The highest BCUT2D eigenvalue weighted by molar-refractivity contribution is 5.71. The lowest BCUT2D eigenvalue weighted by Crippen LogP contribution is -2.30. The Morgan fingerprint density at radius 2 is 0.468 bits per heavy atom. The first-order valence-electron chi connectivity index (χ1n) is 34.1. The molecule has 0 spiro atoms. The Hall–Kier alpha value is -2.63. The van der Waals surface area contributed by atoms with Gasteiger partial charge in [0.1, 0.15) is 13.2 Å². The SMILES string of the molecule is CCCCCCC/C=C\C/C=C\C/C=C\CCCCCCCCCCCCCCCCCCC(=O)OCC(COC(=O)CCCCCCCCCCCCCCC)OC(=O)CCCCCCC/C=C\CCCCCCCC. The van der Waals surface area contributed by atoms with Gasteiger partial charge in [0.05, 0.1) is 0 Å². The van der Waals surface area contributed by atoms with Crippen LogP contribution in [-0.2, 0) is 28.6 Å². The highest BCUT2D eigenvalue weighted by atomic mass is 16.6. The van der Waals surface area contributed by atoms with Crippen molar-refractivity contribution in [3.05, 3.63) is 48.6 Å². The van der Waals surface area contributed by atoms with E-state index in [2.05, 4.69) is 69.4 Å². The summed E-state index contributed by atoms with van der Waals surface area (Å²) >= 11 is 0. The molecule has 0 N–H and O–H groups in total. The summed E-state index contributed by atoms with van der Waals surface area (Å²) < 4.78 is 16.9. The molecule has 0 aliphatic carbocycles. The van der Waals surface area contributed by atoms with E-state index in [9.17, 15) is 14.4 Å². The van der Waals surface area contributed by atoms with Gasteiger partial charge in [-0.15, -0.1) is 0 Å². The van der Waals surface area contributed by atoms with Crippen molar-refractivity contribution in [2.24, 2.45) is 0 Å². The summed E-state index contributed by atoms with van der Waals surface area (Å²) in [6, 6.07) is 0. The van der Waals surface area contributed by atoms with Gasteiger partial charge in [-0.25, -0.2) is 0 Å². The molecule has 0 aliphatic rings. The lowest BCUT2D eigenvalue weighted by Gasteiger charge is -2.18. The molecular formula is C71H130O6. The zero-order valence-electron chi connectivity index (χ0n) is 51.7. The number of hydrogen-bond donors (Lipinski definition) is 0. The Balaban J connectivity index is 4.15. The molecule has 450 valence electrons. The van der Waals surface area contributed by atoms with Gasteiger partial charge < -0.3 is 14.2 Å². The molecule has 0 saturated carbocycles. The smallest absolute Gasteiger partial charge is 0.306 e. The van der Waals surface area contributed by atoms with Crippen LogP contribution in [0, 0.1) is 0 Å². The van der Waals surface area contributed by atoms with Crippen LogP contribution in [0.5, 0.6) is 0 Å². The fraction of sp³-hybridized carbons (Fsp3) is 0.845. The summed E-state index contributed by atoms with van der Waals surface area (Å²) in [6.45, 7) is 6.67. The Morgan fingerprint density at radius 3 is 0.740 bits per heavy atom. The quantitative estimate of drug-likeness (QED) is 0.0261. The fourth-order valence-electron chi connectivity index (χ4n) is 10.2. The molecule has 0 amide bonds. The largest absolute Gasteiger partial charge is 0.462 e. The highest BCUT2D eigenvalue weighted by Gasteiger charge is 2.19. The van der Waals surface area contributed by atoms with Gasteiger partial charge >= 0.3 is 17.9 Å². The van der Waals surface area contributed by atoms with Crippen molar-refractivity contribution in [1.82, 2.24) is 0 Å². The number of carbonyl (C=O) groups is 3. The molecule has 6 heteroatoms. The predicted molar refractivity (Wildman–Crippen MR) is 335 cm³/mol. The van der Waals surface area contributed by atoms with Crippen molar-refractivity contribution in [3.63, 3.8) is 0 Å². The van der Waals surface area contributed by atoms with Gasteiger partial charge in [-0.2, -0.15) is 0 Å². The second kappa shape index (κ2) is 65.9. The molecule has 0 saturated heterocycles. The number of hydrogen-bond acceptors (Lipinski definition) is 6. The molecule has 77 heavy (non-hydrogen) atoms. The molecule has 0 aromatic carbocycles. The normalized spacial score (nSPS) is 12.3. The molecule has 0 aromatic heterocycles. The molecule has 1 unspecified atom stereocenters. The molecule has 6 nitrogen and oxygen atoms in total. The average Bonchev–Trinajstić information content (AvgIpc) is 3.43.